The van der Waals surface area contributed by atoms with Gasteiger partial charge < -0.3 is 15.4 Å². The van der Waals surface area contributed by atoms with Crippen molar-refractivity contribution in [3.8, 4) is 0 Å². The van der Waals surface area contributed by atoms with Gasteiger partial charge in [0.2, 0.25) is 0 Å². The molecule has 2 heterocycles. The Bertz CT molecular complexity index is 943. The molecular formula is C20H19N3O2. The maximum absolute atomic E-state index is 11.7. The highest BCUT2D eigenvalue weighted by molar-refractivity contribution is 5.92. The number of carbonyl (C=O) groups is 1. The van der Waals surface area contributed by atoms with Crippen LogP contribution in [-0.2, 0) is 10.2 Å². The number of fused-ring (bicyclic) bond motifs is 2. The average molecular weight is 333 g/mol. The molecule has 0 saturated heterocycles. The molecule has 1 unspecified atom stereocenters. The second-order valence-corrected chi connectivity index (χ2v) is 6.40. The van der Waals surface area contributed by atoms with Gasteiger partial charge in [0, 0.05) is 17.4 Å². The van der Waals surface area contributed by atoms with E-state index >= 15 is 0 Å². The number of hydrogen-bond acceptors (Lipinski definition) is 3. The molecule has 0 fully saturated rings. The van der Waals surface area contributed by atoms with Crippen molar-refractivity contribution < 1.29 is 9.90 Å². The van der Waals surface area contributed by atoms with Crippen LogP contribution in [0, 0.1) is 0 Å². The summed E-state index contributed by atoms with van der Waals surface area (Å²) in [6, 6.07) is 17.4. The molecule has 0 radical (unpaired) electrons. The first-order chi connectivity index (χ1) is 12.1. The van der Waals surface area contributed by atoms with Crippen molar-refractivity contribution in [1.29, 1.82) is 0 Å². The molecule has 0 aliphatic carbocycles. The van der Waals surface area contributed by atoms with E-state index in [1.54, 1.807) is 7.05 Å². The molecule has 0 saturated carbocycles. The first-order valence-corrected chi connectivity index (χ1v) is 8.27. The van der Waals surface area contributed by atoms with E-state index in [2.05, 4.69) is 21.4 Å². The zero-order chi connectivity index (χ0) is 17.4. The van der Waals surface area contributed by atoms with E-state index in [0.717, 1.165) is 27.8 Å². The number of nitrogens with zero attached hydrogens (tertiary/aromatic N) is 1. The van der Waals surface area contributed by atoms with Crippen molar-refractivity contribution in [3.05, 3.63) is 65.9 Å². The van der Waals surface area contributed by atoms with Gasteiger partial charge in [-0.05, 0) is 42.6 Å². The van der Waals surface area contributed by atoms with Crippen LogP contribution in [0.5, 0.6) is 0 Å². The second-order valence-electron chi connectivity index (χ2n) is 6.40. The number of likely N-dealkylation sites (N-methyl/N-ethyl adjacent to an activating group) is 1. The zero-order valence-electron chi connectivity index (χ0n) is 13.9. The minimum Gasteiger partial charge on any atom is -0.480 e. The van der Waals surface area contributed by atoms with E-state index in [-0.39, 0.29) is 0 Å². The Labute approximate surface area is 145 Å². The highest BCUT2D eigenvalue weighted by Crippen LogP contribution is 2.44. The van der Waals surface area contributed by atoms with Crippen molar-refractivity contribution in [2.24, 2.45) is 4.99 Å². The van der Waals surface area contributed by atoms with Gasteiger partial charge in [-0.15, -0.1) is 0 Å². The summed E-state index contributed by atoms with van der Waals surface area (Å²) in [6.45, 7) is 0. The van der Waals surface area contributed by atoms with Crippen LogP contribution in [0.4, 0.5) is 5.69 Å². The van der Waals surface area contributed by atoms with Gasteiger partial charge in [0.15, 0.2) is 0 Å². The second kappa shape index (κ2) is 5.86. The summed E-state index contributed by atoms with van der Waals surface area (Å²) in [5, 5.41) is 13.6. The summed E-state index contributed by atoms with van der Waals surface area (Å²) < 4.78 is 0. The minimum atomic E-state index is -0.865. The number of H-pyrrole nitrogens is 1. The Morgan fingerprint density at radius 2 is 2.00 bits per heavy atom. The van der Waals surface area contributed by atoms with Gasteiger partial charge >= 0.3 is 5.97 Å². The smallest absolute Gasteiger partial charge is 0.320 e. The molecule has 0 spiro atoms. The Morgan fingerprint density at radius 3 is 2.76 bits per heavy atom. The number of nitrogens with one attached hydrogen (secondary N) is 2. The van der Waals surface area contributed by atoms with Crippen LogP contribution in [-0.4, -0.2) is 35.4 Å². The van der Waals surface area contributed by atoms with Gasteiger partial charge in [-0.25, -0.2) is 0 Å². The number of benzene rings is 2. The molecule has 0 amide bonds. The van der Waals surface area contributed by atoms with Gasteiger partial charge in [-0.2, -0.15) is 0 Å². The number of aliphatic imine (C=N–C) groups is 1. The van der Waals surface area contributed by atoms with Crippen LogP contribution in [0.15, 0.2) is 59.6 Å². The zero-order valence-corrected chi connectivity index (χ0v) is 13.9. The number of aliphatic carboxylic acids is 1. The summed E-state index contributed by atoms with van der Waals surface area (Å²) in [4.78, 5) is 19.7. The largest absolute Gasteiger partial charge is 0.480 e. The van der Waals surface area contributed by atoms with Gasteiger partial charge in [0.1, 0.15) is 6.04 Å². The van der Waals surface area contributed by atoms with Crippen molar-refractivity contribution in [3.63, 3.8) is 0 Å². The van der Waals surface area contributed by atoms with Crippen LogP contribution in [0.1, 0.15) is 17.7 Å². The van der Waals surface area contributed by atoms with E-state index in [9.17, 15) is 9.90 Å². The predicted octanol–water partition coefficient (Wildman–Crippen LogP) is 3.23. The molecule has 4 rings (SSSR count). The van der Waals surface area contributed by atoms with Crippen LogP contribution < -0.4 is 5.32 Å². The number of para-hydroxylation sites is 2. The van der Waals surface area contributed by atoms with Crippen molar-refractivity contribution in [2.45, 2.75) is 17.9 Å². The summed E-state index contributed by atoms with van der Waals surface area (Å²) in [5.74, 6) is -0.865. The quantitative estimate of drug-likeness (QED) is 0.671. The Balaban J connectivity index is 1.91. The number of aromatic nitrogens is 1. The van der Waals surface area contributed by atoms with E-state index in [1.807, 2.05) is 54.7 Å². The molecule has 2 aromatic carbocycles. The number of carboxylic acids is 1. The lowest BCUT2D eigenvalue weighted by Gasteiger charge is -2.29. The molecule has 5 heteroatoms. The SMILES string of the molecule is CN[C@@H](CC1(c2cc3ccccc3[nH]2)C=Nc2ccccc21)C(=O)O. The Hall–Kier alpha value is -2.92. The van der Waals surface area contributed by atoms with Crippen LogP contribution in [0.2, 0.25) is 0 Å². The molecule has 5 nitrogen and oxygen atoms in total. The Kier molecular flexibility index (Phi) is 3.66. The lowest BCUT2D eigenvalue weighted by Crippen LogP contribution is -2.42. The van der Waals surface area contributed by atoms with Gasteiger partial charge in [0.25, 0.3) is 0 Å². The Morgan fingerprint density at radius 1 is 1.24 bits per heavy atom. The topological polar surface area (TPSA) is 77.5 Å². The van der Waals surface area contributed by atoms with E-state index < -0.39 is 17.4 Å². The molecule has 25 heavy (non-hydrogen) atoms. The monoisotopic (exact) mass is 333 g/mol. The van der Waals surface area contributed by atoms with E-state index in [0.29, 0.717) is 6.42 Å². The molecule has 3 N–H and O–H groups in total. The summed E-state index contributed by atoms with van der Waals surface area (Å²) >= 11 is 0. The maximum atomic E-state index is 11.7. The lowest BCUT2D eigenvalue weighted by molar-refractivity contribution is -0.139. The molecule has 0 bridgehead atoms. The summed E-state index contributed by atoms with van der Waals surface area (Å²) in [6.07, 6.45) is 2.27. The number of hydrogen-bond donors (Lipinski definition) is 3. The molecule has 1 aliphatic heterocycles. The maximum Gasteiger partial charge on any atom is 0.320 e. The minimum absolute atomic E-state index is 0.381. The lowest BCUT2D eigenvalue weighted by atomic mass is 9.74. The average Bonchev–Trinajstić information content (AvgIpc) is 3.22. The molecule has 1 aromatic heterocycles. The van der Waals surface area contributed by atoms with E-state index in [4.69, 9.17) is 0 Å². The van der Waals surface area contributed by atoms with Gasteiger partial charge in [-0.3, -0.25) is 9.79 Å². The highest BCUT2D eigenvalue weighted by Gasteiger charge is 2.42. The van der Waals surface area contributed by atoms with Crippen molar-refractivity contribution >= 4 is 28.8 Å². The third-order valence-corrected chi connectivity index (χ3v) is 4.99. The number of rotatable bonds is 5. The van der Waals surface area contributed by atoms with Crippen LogP contribution >= 0.6 is 0 Å². The normalized spacial score (nSPS) is 19.9. The summed E-state index contributed by atoms with van der Waals surface area (Å²) in [7, 11) is 1.68. The summed E-state index contributed by atoms with van der Waals surface area (Å²) in [5.41, 5.74) is 3.32. The fraction of sp³-hybridized carbons (Fsp3) is 0.200. The van der Waals surface area contributed by atoms with Gasteiger partial charge in [0.05, 0.1) is 11.1 Å². The predicted molar refractivity (Wildman–Crippen MR) is 98.8 cm³/mol. The van der Waals surface area contributed by atoms with Crippen molar-refractivity contribution in [1.82, 2.24) is 10.3 Å². The molecule has 2 atom stereocenters. The highest BCUT2D eigenvalue weighted by atomic mass is 16.4. The van der Waals surface area contributed by atoms with Crippen LogP contribution in [0.3, 0.4) is 0 Å². The molecule has 1 aliphatic rings. The number of carboxylic acid groups (broad SMARTS) is 1. The standard InChI is InChI=1S/C20H19N3O2/c1-21-17(19(24)25)11-20(12-22-16-9-5-3-7-14(16)20)18-10-13-6-2-4-8-15(13)23-18/h2-10,12,17,21,23H,11H2,1H3,(H,24,25)/t17-,20?/m0/s1. The number of aromatic amines is 1. The first-order valence-electron chi connectivity index (χ1n) is 8.27. The third kappa shape index (κ3) is 2.44. The van der Waals surface area contributed by atoms with E-state index in [1.165, 1.54) is 0 Å². The molecular weight excluding hydrogens is 314 g/mol. The first kappa shape index (κ1) is 15.6. The fourth-order valence-electron chi connectivity index (χ4n) is 3.65. The van der Waals surface area contributed by atoms with Crippen molar-refractivity contribution in [2.75, 3.05) is 7.05 Å². The molecule has 126 valence electrons. The molecule has 3 aromatic rings. The van der Waals surface area contributed by atoms with Gasteiger partial charge in [-0.1, -0.05) is 36.4 Å². The fourth-order valence-corrected chi connectivity index (χ4v) is 3.65. The third-order valence-electron chi connectivity index (χ3n) is 4.99. The van der Waals surface area contributed by atoms with Crippen LogP contribution in [0.25, 0.3) is 10.9 Å².